The first-order chi connectivity index (χ1) is 15.8. The number of benzene rings is 2. The second-order valence-electron chi connectivity index (χ2n) is 8.48. The number of fused-ring (bicyclic) bond motifs is 1. The zero-order valence-electron chi connectivity index (χ0n) is 18.7. The summed E-state index contributed by atoms with van der Waals surface area (Å²) >= 11 is 1.02. The molecule has 0 saturated carbocycles. The van der Waals surface area contributed by atoms with Crippen molar-refractivity contribution in [3.63, 3.8) is 0 Å². The van der Waals surface area contributed by atoms with E-state index in [0.717, 1.165) is 48.1 Å². The summed E-state index contributed by atoms with van der Waals surface area (Å²) in [5.41, 5.74) is 2.82. The molecule has 176 valence electrons. The summed E-state index contributed by atoms with van der Waals surface area (Å²) in [6.07, 6.45) is 4.02. The van der Waals surface area contributed by atoms with Crippen LogP contribution in [0.4, 0.5) is 0 Å². The first-order valence-electron chi connectivity index (χ1n) is 11.3. The van der Waals surface area contributed by atoms with E-state index in [-0.39, 0.29) is 28.6 Å². The van der Waals surface area contributed by atoms with Crippen LogP contribution in [0.3, 0.4) is 0 Å². The molecule has 1 N–H and O–H groups in total. The molecule has 1 saturated heterocycles. The Morgan fingerprint density at radius 2 is 1.82 bits per heavy atom. The van der Waals surface area contributed by atoms with Crippen LogP contribution in [0.1, 0.15) is 43.2 Å². The van der Waals surface area contributed by atoms with Gasteiger partial charge in [0, 0.05) is 32.6 Å². The average Bonchev–Trinajstić information content (AvgIpc) is 2.95. The van der Waals surface area contributed by atoms with Crippen LogP contribution in [0.15, 0.2) is 52.2 Å². The van der Waals surface area contributed by atoms with Crippen molar-refractivity contribution in [3.8, 4) is 0 Å². The molecule has 0 aliphatic carbocycles. The van der Waals surface area contributed by atoms with E-state index in [1.807, 2.05) is 31.2 Å². The fourth-order valence-corrected chi connectivity index (χ4v) is 6.75. The van der Waals surface area contributed by atoms with E-state index in [1.165, 1.54) is 0 Å². The number of carbonyl (C=O) groups is 1. The molecule has 4 rings (SSSR count). The molecule has 33 heavy (non-hydrogen) atoms. The summed E-state index contributed by atoms with van der Waals surface area (Å²) in [5, 5.41) is 2.89. The lowest BCUT2D eigenvalue weighted by atomic mass is 10.1. The smallest absolute Gasteiger partial charge is 0.308 e. The Bertz CT molecular complexity index is 1300. The van der Waals surface area contributed by atoms with E-state index >= 15 is 0 Å². The third-order valence-corrected chi connectivity index (χ3v) is 8.81. The van der Waals surface area contributed by atoms with Crippen LogP contribution in [0, 0.1) is 6.92 Å². The Kier molecular flexibility index (Phi) is 7.31. The molecule has 1 aromatic heterocycles. The highest BCUT2D eigenvalue weighted by Crippen LogP contribution is 2.25. The molecule has 1 aliphatic rings. The second-order valence-corrected chi connectivity index (χ2v) is 11.4. The van der Waals surface area contributed by atoms with Crippen LogP contribution in [0.5, 0.6) is 0 Å². The molecule has 0 spiro atoms. The molecule has 1 aliphatic heterocycles. The van der Waals surface area contributed by atoms with E-state index in [4.69, 9.17) is 0 Å². The van der Waals surface area contributed by atoms with Gasteiger partial charge in [-0.1, -0.05) is 54.0 Å². The highest BCUT2D eigenvalue weighted by molar-refractivity contribution is 7.89. The van der Waals surface area contributed by atoms with Crippen molar-refractivity contribution >= 4 is 37.5 Å². The molecule has 2 aromatic carbocycles. The largest absolute Gasteiger partial charge is 0.352 e. The second kappa shape index (κ2) is 10.2. The number of hydrogen-bond acceptors (Lipinski definition) is 5. The zero-order chi connectivity index (χ0) is 23.4. The van der Waals surface area contributed by atoms with Gasteiger partial charge in [-0.3, -0.25) is 14.2 Å². The summed E-state index contributed by atoms with van der Waals surface area (Å²) in [6, 6.07) is 12.8. The zero-order valence-corrected chi connectivity index (χ0v) is 20.4. The fraction of sp³-hybridized carbons (Fsp3) is 0.417. The van der Waals surface area contributed by atoms with Gasteiger partial charge in [0.2, 0.25) is 15.9 Å². The first-order valence-corrected chi connectivity index (χ1v) is 13.6. The molecule has 3 aromatic rings. The minimum atomic E-state index is -3.58. The Morgan fingerprint density at radius 3 is 2.55 bits per heavy atom. The van der Waals surface area contributed by atoms with Gasteiger partial charge in [0.25, 0.3) is 0 Å². The van der Waals surface area contributed by atoms with Gasteiger partial charge in [0.15, 0.2) is 0 Å². The highest BCUT2D eigenvalue weighted by atomic mass is 32.2. The van der Waals surface area contributed by atoms with Crippen molar-refractivity contribution in [3.05, 3.63) is 63.3 Å². The number of aromatic nitrogens is 1. The average molecular weight is 488 g/mol. The van der Waals surface area contributed by atoms with E-state index in [0.29, 0.717) is 29.9 Å². The van der Waals surface area contributed by atoms with Crippen LogP contribution in [-0.2, 0) is 27.9 Å². The van der Waals surface area contributed by atoms with Crippen LogP contribution in [-0.4, -0.2) is 36.3 Å². The lowest BCUT2D eigenvalue weighted by Crippen LogP contribution is -2.31. The van der Waals surface area contributed by atoms with Gasteiger partial charge < -0.3 is 5.32 Å². The van der Waals surface area contributed by atoms with Crippen LogP contribution < -0.4 is 10.2 Å². The molecular formula is C24H29N3O4S2. The van der Waals surface area contributed by atoms with Crippen molar-refractivity contribution in [2.45, 2.75) is 57.0 Å². The number of amides is 1. The number of hydrogen-bond donors (Lipinski definition) is 1. The SMILES string of the molecule is Cc1cccc(CNC(=O)CCn2c(=O)sc3cc(S(=O)(=O)N4CCCCCC4)ccc32)c1. The van der Waals surface area contributed by atoms with Gasteiger partial charge in [-0.25, -0.2) is 8.42 Å². The Hall–Kier alpha value is -2.49. The monoisotopic (exact) mass is 487 g/mol. The molecule has 0 unspecified atom stereocenters. The topological polar surface area (TPSA) is 88.5 Å². The normalized spacial score (nSPS) is 15.4. The lowest BCUT2D eigenvalue weighted by molar-refractivity contribution is -0.121. The lowest BCUT2D eigenvalue weighted by Gasteiger charge is -2.19. The maximum absolute atomic E-state index is 13.1. The summed E-state index contributed by atoms with van der Waals surface area (Å²) < 4.78 is 29.9. The van der Waals surface area contributed by atoms with Gasteiger partial charge in [0.05, 0.1) is 15.1 Å². The summed E-state index contributed by atoms with van der Waals surface area (Å²) in [4.78, 5) is 24.9. The standard InChI is InChI=1S/C24H29N3O4S2/c1-18-7-6-8-19(15-18)17-25-23(28)11-14-27-21-10-9-20(16-22(21)32-24(27)29)33(30,31)26-12-4-2-3-5-13-26/h6-10,15-16H,2-5,11-14,17H2,1H3,(H,25,28). The van der Waals surface area contributed by atoms with E-state index in [1.54, 1.807) is 27.1 Å². The molecule has 2 heterocycles. The van der Waals surface area contributed by atoms with Crippen molar-refractivity contribution < 1.29 is 13.2 Å². The third kappa shape index (κ3) is 5.54. The molecule has 0 radical (unpaired) electrons. The van der Waals surface area contributed by atoms with Crippen LogP contribution in [0.25, 0.3) is 10.2 Å². The minimum Gasteiger partial charge on any atom is -0.352 e. The first kappa shape index (κ1) is 23.7. The number of nitrogens with one attached hydrogen (secondary N) is 1. The van der Waals surface area contributed by atoms with Gasteiger partial charge in [-0.15, -0.1) is 0 Å². The summed E-state index contributed by atoms with van der Waals surface area (Å²) in [6.45, 7) is 3.77. The molecule has 7 nitrogen and oxygen atoms in total. The predicted molar refractivity (Wildman–Crippen MR) is 131 cm³/mol. The van der Waals surface area contributed by atoms with Crippen molar-refractivity contribution in [1.29, 1.82) is 0 Å². The number of sulfonamides is 1. The number of carbonyl (C=O) groups excluding carboxylic acids is 1. The molecule has 0 atom stereocenters. The maximum atomic E-state index is 13.1. The molecule has 1 amide bonds. The van der Waals surface area contributed by atoms with E-state index in [2.05, 4.69) is 5.32 Å². The summed E-state index contributed by atoms with van der Waals surface area (Å²) in [5.74, 6) is -0.136. The fourth-order valence-electron chi connectivity index (χ4n) is 4.17. The number of thiazole rings is 1. The maximum Gasteiger partial charge on any atom is 0.308 e. The highest BCUT2D eigenvalue weighted by Gasteiger charge is 2.26. The molecule has 9 heteroatoms. The van der Waals surface area contributed by atoms with Gasteiger partial charge in [0.1, 0.15) is 0 Å². The molecule has 0 bridgehead atoms. The van der Waals surface area contributed by atoms with Crippen molar-refractivity contribution in [1.82, 2.24) is 14.2 Å². The Balaban J connectivity index is 1.45. The van der Waals surface area contributed by atoms with Crippen LogP contribution >= 0.6 is 11.3 Å². The number of rotatable bonds is 7. The van der Waals surface area contributed by atoms with Gasteiger partial charge >= 0.3 is 4.87 Å². The van der Waals surface area contributed by atoms with E-state index < -0.39 is 10.0 Å². The Morgan fingerprint density at radius 1 is 1.06 bits per heavy atom. The molecule has 1 fully saturated rings. The van der Waals surface area contributed by atoms with Crippen LogP contribution in [0.2, 0.25) is 0 Å². The van der Waals surface area contributed by atoms with Gasteiger partial charge in [-0.05, 0) is 43.5 Å². The predicted octanol–water partition coefficient (Wildman–Crippen LogP) is 3.64. The van der Waals surface area contributed by atoms with E-state index in [9.17, 15) is 18.0 Å². The quantitative estimate of drug-likeness (QED) is 0.551. The minimum absolute atomic E-state index is 0.136. The third-order valence-electron chi connectivity index (χ3n) is 5.98. The summed E-state index contributed by atoms with van der Waals surface area (Å²) in [7, 11) is -3.58. The number of aryl methyl sites for hydroxylation is 2. The van der Waals surface area contributed by atoms with Crippen molar-refractivity contribution in [2.75, 3.05) is 13.1 Å². The van der Waals surface area contributed by atoms with Crippen molar-refractivity contribution in [2.24, 2.45) is 0 Å². The Labute approximate surface area is 198 Å². The number of nitrogens with zero attached hydrogens (tertiary/aromatic N) is 2. The molecular weight excluding hydrogens is 458 g/mol. The van der Waals surface area contributed by atoms with Gasteiger partial charge in [-0.2, -0.15) is 4.31 Å².